The molecule has 2 nitrogen and oxygen atoms in total. The topological polar surface area (TPSA) is 32.3 Å². The van der Waals surface area contributed by atoms with Gasteiger partial charge in [0.15, 0.2) is 0 Å². The molecule has 3 rings (SSSR count). The van der Waals surface area contributed by atoms with Gasteiger partial charge in [0.2, 0.25) is 0 Å². The zero-order valence-electron chi connectivity index (χ0n) is 9.45. The molecule has 18 heavy (non-hydrogen) atoms. The molecule has 1 aliphatic rings. The number of hydrogen-bond acceptors (Lipinski definition) is 2. The van der Waals surface area contributed by atoms with Crippen LogP contribution in [0, 0.1) is 5.82 Å². The van der Waals surface area contributed by atoms with Crippen molar-refractivity contribution in [3.8, 4) is 5.75 Å². The predicted molar refractivity (Wildman–Crippen MR) is 72.3 cm³/mol. The first-order valence-electron chi connectivity index (χ1n) is 5.67. The maximum atomic E-state index is 13.8. The summed E-state index contributed by atoms with van der Waals surface area (Å²) in [5.74, 6) is -0.422. The van der Waals surface area contributed by atoms with Gasteiger partial charge < -0.3 is 10.4 Å². The number of aromatic hydroxyl groups is 1. The third-order valence-electron chi connectivity index (χ3n) is 3.18. The van der Waals surface area contributed by atoms with Crippen molar-refractivity contribution in [3.05, 3.63) is 57.8 Å². The first kappa shape index (κ1) is 11.5. The van der Waals surface area contributed by atoms with E-state index in [1.807, 2.05) is 18.2 Å². The van der Waals surface area contributed by atoms with Crippen LogP contribution >= 0.6 is 15.9 Å². The number of fused-ring (bicyclic) bond motifs is 1. The summed E-state index contributed by atoms with van der Waals surface area (Å²) < 4.78 is 14.8. The highest BCUT2D eigenvalue weighted by Crippen LogP contribution is 2.36. The number of nitrogens with one attached hydrogen (secondary N) is 1. The van der Waals surface area contributed by atoms with E-state index < -0.39 is 0 Å². The Bertz CT molecular complexity index is 615. The molecule has 1 aliphatic heterocycles. The van der Waals surface area contributed by atoms with Crippen molar-refractivity contribution in [2.24, 2.45) is 0 Å². The number of phenols is 1. The van der Waals surface area contributed by atoms with Gasteiger partial charge in [-0.25, -0.2) is 4.39 Å². The van der Waals surface area contributed by atoms with Gasteiger partial charge in [-0.05, 0) is 36.2 Å². The normalized spacial score (nSPS) is 17.3. The minimum Gasteiger partial charge on any atom is -0.508 e. The maximum Gasteiger partial charge on any atom is 0.132 e. The molecule has 4 heteroatoms. The number of hydrogen-bond donors (Lipinski definition) is 2. The molecular weight excluding hydrogens is 297 g/mol. The van der Waals surface area contributed by atoms with Crippen LogP contribution in [0.2, 0.25) is 0 Å². The van der Waals surface area contributed by atoms with Gasteiger partial charge in [0.25, 0.3) is 0 Å². The molecule has 0 saturated carbocycles. The summed E-state index contributed by atoms with van der Waals surface area (Å²) >= 11 is 3.43. The van der Waals surface area contributed by atoms with E-state index >= 15 is 0 Å². The molecule has 0 fully saturated rings. The Morgan fingerprint density at radius 2 is 2.06 bits per heavy atom. The molecule has 1 unspecified atom stereocenters. The Kier molecular flexibility index (Phi) is 2.74. The second-order valence-corrected chi connectivity index (χ2v) is 5.32. The summed E-state index contributed by atoms with van der Waals surface area (Å²) in [6, 6.07) is 10.2. The van der Waals surface area contributed by atoms with Gasteiger partial charge in [0, 0.05) is 21.8 Å². The average molecular weight is 308 g/mol. The first-order chi connectivity index (χ1) is 8.63. The van der Waals surface area contributed by atoms with Gasteiger partial charge in [-0.3, -0.25) is 0 Å². The molecule has 0 aromatic heterocycles. The van der Waals surface area contributed by atoms with Gasteiger partial charge in [0.05, 0.1) is 6.04 Å². The fourth-order valence-corrected chi connectivity index (χ4v) is 2.73. The van der Waals surface area contributed by atoms with Crippen LogP contribution in [0.5, 0.6) is 5.75 Å². The monoisotopic (exact) mass is 307 g/mol. The molecule has 0 bridgehead atoms. The summed E-state index contributed by atoms with van der Waals surface area (Å²) in [6.45, 7) is 0. The SMILES string of the molecule is Oc1ccc(C2Cc3cc(Br)ccc3N2)c(F)c1. The molecule has 0 aliphatic carbocycles. The van der Waals surface area contributed by atoms with Crippen LogP contribution in [0.3, 0.4) is 0 Å². The lowest BCUT2D eigenvalue weighted by Gasteiger charge is -2.12. The number of anilines is 1. The second kappa shape index (κ2) is 4.28. The van der Waals surface area contributed by atoms with E-state index in [-0.39, 0.29) is 17.6 Å². The lowest BCUT2D eigenvalue weighted by Crippen LogP contribution is -2.07. The summed E-state index contributed by atoms with van der Waals surface area (Å²) in [5, 5.41) is 12.5. The first-order valence-corrected chi connectivity index (χ1v) is 6.46. The summed E-state index contributed by atoms with van der Waals surface area (Å²) in [7, 11) is 0. The van der Waals surface area contributed by atoms with Gasteiger partial charge >= 0.3 is 0 Å². The van der Waals surface area contributed by atoms with Crippen LogP contribution < -0.4 is 5.32 Å². The fourth-order valence-electron chi connectivity index (χ4n) is 2.32. The molecular formula is C14H11BrFNO. The van der Waals surface area contributed by atoms with E-state index in [1.165, 1.54) is 11.6 Å². The van der Waals surface area contributed by atoms with Crippen LogP contribution in [0.4, 0.5) is 10.1 Å². The third-order valence-corrected chi connectivity index (χ3v) is 3.67. The Balaban J connectivity index is 1.93. The lowest BCUT2D eigenvalue weighted by molar-refractivity contribution is 0.467. The van der Waals surface area contributed by atoms with Gasteiger partial charge in [0.1, 0.15) is 11.6 Å². The van der Waals surface area contributed by atoms with Crippen LogP contribution in [-0.2, 0) is 6.42 Å². The minimum absolute atomic E-state index is 0.0468. The molecule has 92 valence electrons. The van der Waals surface area contributed by atoms with Crippen LogP contribution in [0.25, 0.3) is 0 Å². The Morgan fingerprint density at radius 1 is 1.22 bits per heavy atom. The Labute approximate surface area is 113 Å². The van der Waals surface area contributed by atoms with E-state index in [9.17, 15) is 9.50 Å². The number of benzene rings is 2. The van der Waals surface area contributed by atoms with Crippen LogP contribution in [0.15, 0.2) is 40.9 Å². The highest BCUT2D eigenvalue weighted by molar-refractivity contribution is 9.10. The van der Waals surface area contributed by atoms with Crippen molar-refractivity contribution in [3.63, 3.8) is 0 Å². The molecule has 0 radical (unpaired) electrons. The maximum absolute atomic E-state index is 13.8. The zero-order valence-corrected chi connectivity index (χ0v) is 11.0. The predicted octanol–water partition coefficient (Wildman–Crippen LogP) is 4.00. The molecule has 1 atom stereocenters. The molecule has 2 aromatic carbocycles. The molecule has 0 amide bonds. The van der Waals surface area contributed by atoms with E-state index in [4.69, 9.17) is 0 Å². The van der Waals surface area contributed by atoms with Gasteiger partial charge in [-0.15, -0.1) is 0 Å². The number of phenolic OH excluding ortho intramolecular Hbond substituents is 1. The standard InChI is InChI=1S/C14H11BrFNO/c15-9-1-4-13-8(5-9)6-14(17-13)11-3-2-10(18)7-12(11)16/h1-5,7,14,17-18H,6H2. The summed E-state index contributed by atoms with van der Waals surface area (Å²) in [6.07, 6.45) is 0.746. The summed E-state index contributed by atoms with van der Waals surface area (Å²) in [5.41, 5.74) is 2.79. The smallest absolute Gasteiger partial charge is 0.132 e. The third kappa shape index (κ3) is 1.97. The van der Waals surface area contributed by atoms with E-state index in [2.05, 4.69) is 21.2 Å². The number of halogens is 2. The van der Waals surface area contributed by atoms with Crippen LogP contribution in [-0.4, -0.2) is 5.11 Å². The van der Waals surface area contributed by atoms with Crippen molar-refractivity contribution in [1.82, 2.24) is 0 Å². The van der Waals surface area contributed by atoms with Crippen LogP contribution in [0.1, 0.15) is 17.2 Å². The Hall–Kier alpha value is -1.55. The van der Waals surface area contributed by atoms with Crippen molar-refractivity contribution in [2.45, 2.75) is 12.5 Å². The highest BCUT2D eigenvalue weighted by Gasteiger charge is 2.24. The largest absolute Gasteiger partial charge is 0.508 e. The second-order valence-electron chi connectivity index (χ2n) is 4.41. The molecule has 0 spiro atoms. The quantitative estimate of drug-likeness (QED) is 0.834. The fraction of sp³-hybridized carbons (Fsp3) is 0.143. The number of rotatable bonds is 1. The lowest BCUT2D eigenvalue weighted by atomic mass is 10.0. The van der Waals surface area contributed by atoms with E-state index in [0.717, 1.165) is 22.6 Å². The van der Waals surface area contributed by atoms with Crippen molar-refractivity contribution in [2.75, 3.05) is 5.32 Å². The van der Waals surface area contributed by atoms with Crippen molar-refractivity contribution >= 4 is 21.6 Å². The van der Waals surface area contributed by atoms with Crippen molar-refractivity contribution < 1.29 is 9.50 Å². The highest BCUT2D eigenvalue weighted by atomic mass is 79.9. The molecule has 1 heterocycles. The molecule has 2 aromatic rings. The Morgan fingerprint density at radius 3 is 2.83 bits per heavy atom. The van der Waals surface area contributed by atoms with E-state index in [1.54, 1.807) is 6.07 Å². The van der Waals surface area contributed by atoms with Crippen molar-refractivity contribution in [1.29, 1.82) is 0 Å². The van der Waals surface area contributed by atoms with Gasteiger partial charge in [-0.2, -0.15) is 0 Å². The van der Waals surface area contributed by atoms with E-state index in [0.29, 0.717) is 5.56 Å². The van der Waals surface area contributed by atoms with Gasteiger partial charge in [-0.1, -0.05) is 22.0 Å². The minimum atomic E-state index is -0.376. The average Bonchev–Trinajstić information content (AvgIpc) is 2.71. The molecule has 0 saturated heterocycles. The summed E-state index contributed by atoms with van der Waals surface area (Å²) in [4.78, 5) is 0. The molecule has 2 N–H and O–H groups in total. The zero-order chi connectivity index (χ0) is 12.7.